The molecule has 0 unspecified atom stereocenters. The number of anilines is 1. The molecule has 150 valence electrons. The average Bonchev–Trinajstić information content (AvgIpc) is 3.22. The van der Waals surface area contributed by atoms with Gasteiger partial charge >= 0.3 is 0 Å². The number of rotatable bonds is 7. The molecule has 0 saturated heterocycles. The molecule has 0 saturated carbocycles. The minimum atomic E-state index is 0.268. The van der Waals surface area contributed by atoms with Gasteiger partial charge in [0.15, 0.2) is 16.7 Å². The molecule has 0 amide bonds. The summed E-state index contributed by atoms with van der Waals surface area (Å²) in [6, 6.07) is 16.1. The molecule has 0 atom stereocenters. The quantitative estimate of drug-likeness (QED) is 0.515. The van der Waals surface area contributed by atoms with Crippen LogP contribution >= 0.6 is 11.6 Å². The Morgan fingerprint density at radius 3 is 2.59 bits per heavy atom. The number of fused-ring (bicyclic) bond motifs is 1. The minimum Gasteiger partial charge on any atom is -0.454 e. The van der Waals surface area contributed by atoms with Crippen LogP contribution in [0, 0.1) is 0 Å². The predicted molar refractivity (Wildman–Crippen MR) is 116 cm³/mol. The van der Waals surface area contributed by atoms with Gasteiger partial charge in [-0.15, -0.1) is 10.2 Å². The van der Waals surface area contributed by atoms with Crippen molar-refractivity contribution < 1.29 is 9.47 Å². The summed E-state index contributed by atoms with van der Waals surface area (Å²) in [5, 5.41) is 9.19. The third kappa shape index (κ3) is 4.15. The highest BCUT2D eigenvalue weighted by atomic mass is 35.5. The van der Waals surface area contributed by atoms with E-state index in [9.17, 15) is 0 Å². The van der Waals surface area contributed by atoms with E-state index in [1.807, 2.05) is 43.4 Å². The Morgan fingerprint density at radius 1 is 1.00 bits per heavy atom. The van der Waals surface area contributed by atoms with Gasteiger partial charge in [-0.3, -0.25) is 0 Å². The molecule has 1 aromatic heterocycles. The van der Waals surface area contributed by atoms with Crippen molar-refractivity contribution in [2.45, 2.75) is 32.7 Å². The third-order valence-corrected chi connectivity index (χ3v) is 5.46. The number of ether oxygens (including phenoxy) is 2. The molecule has 0 aliphatic carbocycles. The maximum atomic E-state index is 6.55. The number of benzene rings is 2. The van der Waals surface area contributed by atoms with Crippen LogP contribution in [0.2, 0.25) is 5.15 Å². The lowest BCUT2D eigenvalue weighted by Crippen LogP contribution is -2.19. The average molecular weight is 410 g/mol. The van der Waals surface area contributed by atoms with Crippen LogP contribution in [0.25, 0.3) is 11.3 Å². The number of hydrogen-bond donors (Lipinski definition) is 0. The first kappa shape index (κ1) is 19.5. The fourth-order valence-corrected chi connectivity index (χ4v) is 3.76. The van der Waals surface area contributed by atoms with Crippen LogP contribution in [0.4, 0.5) is 5.69 Å². The van der Waals surface area contributed by atoms with E-state index >= 15 is 0 Å². The molecule has 0 fully saturated rings. The molecule has 5 nitrogen and oxygen atoms in total. The first-order valence-corrected chi connectivity index (χ1v) is 10.2. The van der Waals surface area contributed by atoms with Crippen molar-refractivity contribution in [2.24, 2.45) is 0 Å². The Balaban J connectivity index is 1.70. The van der Waals surface area contributed by atoms with Crippen LogP contribution in [0.3, 0.4) is 0 Å². The molecule has 2 heterocycles. The van der Waals surface area contributed by atoms with Crippen LogP contribution in [-0.2, 0) is 13.0 Å². The Morgan fingerprint density at radius 2 is 1.79 bits per heavy atom. The fourth-order valence-electron chi connectivity index (χ4n) is 3.54. The van der Waals surface area contributed by atoms with E-state index < -0.39 is 0 Å². The van der Waals surface area contributed by atoms with E-state index in [4.69, 9.17) is 21.1 Å². The van der Waals surface area contributed by atoms with Gasteiger partial charge in [-0.05, 0) is 30.5 Å². The maximum Gasteiger partial charge on any atom is 0.231 e. The number of hydrogen-bond acceptors (Lipinski definition) is 5. The number of unbranched alkanes of at least 4 members (excludes halogenated alkanes) is 1. The summed E-state index contributed by atoms with van der Waals surface area (Å²) >= 11 is 6.55. The summed E-state index contributed by atoms with van der Waals surface area (Å²) in [6.45, 7) is 3.09. The summed E-state index contributed by atoms with van der Waals surface area (Å²) in [7, 11) is 2.04. The molecule has 6 heteroatoms. The van der Waals surface area contributed by atoms with Crippen LogP contribution in [0.1, 0.15) is 30.9 Å². The molecular weight excluding hydrogens is 386 g/mol. The van der Waals surface area contributed by atoms with Gasteiger partial charge in [-0.2, -0.15) is 0 Å². The van der Waals surface area contributed by atoms with Crippen molar-refractivity contribution in [3.63, 3.8) is 0 Å². The van der Waals surface area contributed by atoms with Crippen molar-refractivity contribution in [3.05, 3.63) is 64.8 Å². The van der Waals surface area contributed by atoms with Gasteiger partial charge in [0, 0.05) is 36.5 Å². The molecule has 0 bridgehead atoms. The van der Waals surface area contributed by atoms with Crippen molar-refractivity contribution in [1.82, 2.24) is 10.2 Å². The molecule has 29 heavy (non-hydrogen) atoms. The zero-order valence-corrected chi connectivity index (χ0v) is 17.4. The molecule has 2 aromatic carbocycles. The highest BCUT2D eigenvalue weighted by Crippen LogP contribution is 2.36. The van der Waals surface area contributed by atoms with E-state index in [1.54, 1.807) is 0 Å². The maximum absolute atomic E-state index is 6.55. The fraction of sp³-hybridized carbons (Fsp3) is 0.304. The second-order valence-electron chi connectivity index (χ2n) is 7.16. The Labute approximate surface area is 176 Å². The molecule has 1 aliphatic rings. The van der Waals surface area contributed by atoms with Crippen LogP contribution in [0.5, 0.6) is 11.5 Å². The first-order valence-electron chi connectivity index (χ1n) is 9.87. The molecule has 4 rings (SSSR count). The molecule has 0 spiro atoms. The van der Waals surface area contributed by atoms with Gasteiger partial charge in [-0.25, -0.2) is 0 Å². The van der Waals surface area contributed by atoms with Crippen LogP contribution in [0.15, 0.2) is 48.5 Å². The Bertz CT molecular complexity index is 995. The van der Waals surface area contributed by atoms with Gasteiger partial charge in [0.25, 0.3) is 0 Å². The summed E-state index contributed by atoms with van der Waals surface area (Å²) in [6.07, 6.45) is 3.09. The molecule has 1 aliphatic heterocycles. The monoisotopic (exact) mass is 409 g/mol. The lowest BCUT2D eigenvalue weighted by molar-refractivity contribution is 0.174. The van der Waals surface area contributed by atoms with E-state index in [1.165, 1.54) is 5.56 Å². The topological polar surface area (TPSA) is 47.5 Å². The molecule has 0 N–H and O–H groups in total. The van der Waals surface area contributed by atoms with Crippen LogP contribution in [-0.4, -0.2) is 24.0 Å². The first-order chi connectivity index (χ1) is 14.2. The summed E-state index contributed by atoms with van der Waals surface area (Å²) in [4.78, 5) is 2.15. The van der Waals surface area contributed by atoms with Gasteiger partial charge in [-0.1, -0.05) is 55.3 Å². The minimum absolute atomic E-state index is 0.268. The van der Waals surface area contributed by atoms with Gasteiger partial charge in [0.2, 0.25) is 6.79 Å². The molecule has 3 aromatic rings. The van der Waals surface area contributed by atoms with E-state index in [0.717, 1.165) is 53.3 Å². The predicted octanol–water partition coefficient (Wildman–Crippen LogP) is 5.50. The van der Waals surface area contributed by atoms with Gasteiger partial charge in [0.1, 0.15) is 0 Å². The van der Waals surface area contributed by atoms with Gasteiger partial charge < -0.3 is 14.4 Å². The summed E-state index contributed by atoms with van der Waals surface area (Å²) in [5.74, 6) is 1.55. The lowest BCUT2D eigenvalue weighted by Gasteiger charge is -2.23. The van der Waals surface area contributed by atoms with Gasteiger partial charge in [0.05, 0.1) is 5.69 Å². The lowest BCUT2D eigenvalue weighted by atomic mass is 9.97. The zero-order chi connectivity index (χ0) is 20.2. The highest BCUT2D eigenvalue weighted by molar-refractivity contribution is 6.30. The number of halogens is 1. The number of nitrogens with zero attached hydrogens (tertiary/aromatic N) is 3. The van der Waals surface area contributed by atoms with Crippen LogP contribution < -0.4 is 14.4 Å². The summed E-state index contributed by atoms with van der Waals surface area (Å²) < 4.78 is 10.9. The smallest absolute Gasteiger partial charge is 0.231 e. The normalized spacial score (nSPS) is 12.2. The molecule has 0 radical (unpaired) electrons. The number of aromatic nitrogens is 2. The largest absolute Gasteiger partial charge is 0.454 e. The highest BCUT2D eigenvalue weighted by Gasteiger charge is 2.20. The van der Waals surface area contributed by atoms with Crippen molar-refractivity contribution >= 4 is 17.3 Å². The summed E-state index contributed by atoms with van der Waals surface area (Å²) in [5.41, 5.74) is 5.21. The standard InChI is InChI=1S/C23H24ClN3O2/c1-3-4-10-18-19(23(24)26-25-22(18)16-8-6-5-7-9-16)14-27(2)17-11-12-20-21(13-17)29-15-28-20/h5-9,11-13H,3-4,10,14-15H2,1-2H3. The zero-order valence-electron chi connectivity index (χ0n) is 16.7. The van der Waals surface area contributed by atoms with E-state index in [-0.39, 0.29) is 6.79 Å². The van der Waals surface area contributed by atoms with Crippen molar-refractivity contribution in [1.29, 1.82) is 0 Å². The van der Waals surface area contributed by atoms with E-state index in [2.05, 4.69) is 34.2 Å². The van der Waals surface area contributed by atoms with E-state index in [0.29, 0.717) is 11.7 Å². The Hall–Kier alpha value is -2.79. The second kappa shape index (κ2) is 8.70. The third-order valence-electron chi connectivity index (χ3n) is 5.16. The SMILES string of the molecule is CCCCc1c(-c2ccccc2)nnc(Cl)c1CN(C)c1ccc2c(c1)OCO2. The van der Waals surface area contributed by atoms with Crippen molar-refractivity contribution in [2.75, 3.05) is 18.7 Å². The second-order valence-corrected chi connectivity index (χ2v) is 7.52. The van der Waals surface area contributed by atoms with Crippen molar-refractivity contribution in [3.8, 4) is 22.8 Å². The molecular formula is C23H24ClN3O2. The Kier molecular flexibility index (Phi) is 5.86.